The molecule has 0 spiro atoms. The lowest BCUT2D eigenvalue weighted by Gasteiger charge is -2.41. The van der Waals surface area contributed by atoms with E-state index < -0.39 is 5.97 Å². The van der Waals surface area contributed by atoms with E-state index in [1.165, 1.54) is 11.1 Å². The molecule has 5 nitrogen and oxygen atoms in total. The molecule has 1 aliphatic heterocycles. The molecule has 31 heavy (non-hydrogen) atoms. The smallest absolute Gasteiger partial charge is 0.303 e. The zero-order valence-corrected chi connectivity index (χ0v) is 18.6. The minimum Gasteiger partial charge on any atom is -0.481 e. The molecule has 0 amide bonds. The molecule has 1 aliphatic rings. The summed E-state index contributed by atoms with van der Waals surface area (Å²) in [5.41, 5.74) is 9.41. The predicted octanol–water partition coefficient (Wildman–Crippen LogP) is 4.13. The molecule has 0 saturated carbocycles. The monoisotopic (exact) mass is 423 g/mol. The van der Waals surface area contributed by atoms with E-state index in [1.54, 1.807) is 0 Å². The molecule has 1 fully saturated rings. The molecule has 1 unspecified atom stereocenters. The Morgan fingerprint density at radius 2 is 1.42 bits per heavy atom. The van der Waals surface area contributed by atoms with Crippen molar-refractivity contribution in [3.63, 3.8) is 0 Å². The van der Waals surface area contributed by atoms with Gasteiger partial charge in [-0.1, -0.05) is 73.5 Å². The van der Waals surface area contributed by atoms with Gasteiger partial charge in [-0.2, -0.15) is 0 Å². The van der Waals surface area contributed by atoms with Gasteiger partial charge in [-0.25, -0.2) is 0 Å². The zero-order valence-electron chi connectivity index (χ0n) is 18.6. The summed E-state index contributed by atoms with van der Waals surface area (Å²) in [6, 6.07) is 21.3. The van der Waals surface area contributed by atoms with Crippen LogP contribution in [0, 0.1) is 0 Å². The Morgan fingerprint density at radius 3 is 2.03 bits per heavy atom. The third-order valence-corrected chi connectivity index (χ3v) is 6.26. The summed E-state index contributed by atoms with van der Waals surface area (Å²) in [6.07, 6.45) is 4.81. The minimum absolute atomic E-state index is 0.243. The SMILES string of the molecule is NC1(CCCCCC(=O)O)CCN(Cc2ccccc2)CCN(Cc2ccccc2)C1. The van der Waals surface area contributed by atoms with Crippen LogP contribution in [0.15, 0.2) is 60.7 Å². The molecule has 1 saturated heterocycles. The second-order valence-corrected chi connectivity index (χ2v) is 9.02. The van der Waals surface area contributed by atoms with Gasteiger partial charge >= 0.3 is 5.97 Å². The summed E-state index contributed by atoms with van der Waals surface area (Å²) in [5, 5.41) is 8.87. The highest BCUT2D eigenvalue weighted by Gasteiger charge is 2.30. The Bertz CT molecular complexity index is 784. The predicted molar refractivity (Wildman–Crippen MR) is 126 cm³/mol. The van der Waals surface area contributed by atoms with E-state index in [1.807, 2.05) is 0 Å². The first-order valence-corrected chi connectivity index (χ1v) is 11.6. The first-order valence-electron chi connectivity index (χ1n) is 11.6. The molecule has 0 bridgehead atoms. The molecular weight excluding hydrogens is 386 g/mol. The fraction of sp³-hybridized carbons (Fsp3) is 0.500. The van der Waals surface area contributed by atoms with Crippen LogP contribution in [-0.2, 0) is 17.9 Å². The largest absolute Gasteiger partial charge is 0.481 e. The molecular formula is C26H37N3O2. The van der Waals surface area contributed by atoms with Crippen LogP contribution in [0.2, 0.25) is 0 Å². The summed E-state index contributed by atoms with van der Waals surface area (Å²) < 4.78 is 0. The van der Waals surface area contributed by atoms with Gasteiger partial charge in [0.15, 0.2) is 0 Å². The van der Waals surface area contributed by atoms with Crippen LogP contribution in [0.4, 0.5) is 0 Å². The number of nitrogens with two attached hydrogens (primary N) is 1. The average Bonchev–Trinajstić information content (AvgIpc) is 2.75. The van der Waals surface area contributed by atoms with Gasteiger partial charge in [-0.05, 0) is 30.4 Å². The first-order chi connectivity index (χ1) is 15.0. The second-order valence-electron chi connectivity index (χ2n) is 9.02. The number of carboxylic acid groups (broad SMARTS) is 1. The Balaban J connectivity index is 1.63. The normalized spacial score (nSPS) is 20.8. The third kappa shape index (κ3) is 8.44. The lowest BCUT2D eigenvalue weighted by Crippen LogP contribution is -2.55. The Morgan fingerprint density at radius 1 is 0.839 bits per heavy atom. The van der Waals surface area contributed by atoms with Crippen LogP contribution in [0.3, 0.4) is 0 Å². The number of benzene rings is 2. The number of aliphatic carboxylic acids is 1. The Labute approximate surface area is 186 Å². The van der Waals surface area contributed by atoms with Crippen molar-refractivity contribution in [2.45, 2.75) is 57.2 Å². The van der Waals surface area contributed by atoms with Crippen molar-refractivity contribution in [2.75, 3.05) is 26.2 Å². The molecule has 3 rings (SSSR count). The molecule has 2 aromatic carbocycles. The number of rotatable bonds is 10. The lowest BCUT2D eigenvalue weighted by atomic mass is 9.87. The molecule has 0 aliphatic carbocycles. The number of hydrogen-bond acceptors (Lipinski definition) is 4. The van der Waals surface area contributed by atoms with Crippen molar-refractivity contribution in [1.29, 1.82) is 0 Å². The highest BCUT2D eigenvalue weighted by atomic mass is 16.4. The minimum atomic E-state index is -0.709. The van der Waals surface area contributed by atoms with E-state index in [2.05, 4.69) is 70.5 Å². The van der Waals surface area contributed by atoms with E-state index in [9.17, 15) is 4.79 Å². The molecule has 3 N–H and O–H groups in total. The van der Waals surface area contributed by atoms with E-state index >= 15 is 0 Å². The van der Waals surface area contributed by atoms with Crippen LogP contribution in [0.25, 0.3) is 0 Å². The van der Waals surface area contributed by atoms with Gasteiger partial charge in [0, 0.05) is 51.2 Å². The molecule has 1 heterocycles. The van der Waals surface area contributed by atoms with Gasteiger partial charge in [0.05, 0.1) is 0 Å². The van der Waals surface area contributed by atoms with Gasteiger partial charge < -0.3 is 10.8 Å². The zero-order chi connectivity index (χ0) is 21.9. The number of carboxylic acids is 1. The highest BCUT2D eigenvalue weighted by Crippen LogP contribution is 2.23. The highest BCUT2D eigenvalue weighted by molar-refractivity contribution is 5.66. The fourth-order valence-corrected chi connectivity index (χ4v) is 4.49. The van der Waals surface area contributed by atoms with Crippen molar-refractivity contribution in [1.82, 2.24) is 9.80 Å². The fourth-order valence-electron chi connectivity index (χ4n) is 4.49. The van der Waals surface area contributed by atoms with Gasteiger partial charge in [-0.15, -0.1) is 0 Å². The number of hydrogen-bond donors (Lipinski definition) is 2. The van der Waals surface area contributed by atoms with Crippen molar-refractivity contribution < 1.29 is 9.90 Å². The maximum atomic E-state index is 10.8. The molecule has 168 valence electrons. The summed E-state index contributed by atoms with van der Waals surface area (Å²) in [5.74, 6) is -0.709. The quantitative estimate of drug-likeness (QED) is 0.563. The topological polar surface area (TPSA) is 69.8 Å². The summed E-state index contributed by atoms with van der Waals surface area (Å²) in [4.78, 5) is 15.8. The van der Waals surface area contributed by atoms with Crippen molar-refractivity contribution >= 4 is 5.97 Å². The Kier molecular flexibility index (Phi) is 9.07. The van der Waals surface area contributed by atoms with E-state index in [0.717, 1.165) is 71.4 Å². The summed E-state index contributed by atoms with van der Waals surface area (Å²) in [6.45, 7) is 5.79. The van der Waals surface area contributed by atoms with Gasteiger partial charge in [-0.3, -0.25) is 14.6 Å². The third-order valence-electron chi connectivity index (χ3n) is 6.26. The van der Waals surface area contributed by atoms with E-state index in [4.69, 9.17) is 10.8 Å². The molecule has 1 atom stereocenters. The van der Waals surface area contributed by atoms with Crippen molar-refractivity contribution in [2.24, 2.45) is 5.73 Å². The average molecular weight is 424 g/mol. The van der Waals surface area contributed by atoms with Crippen LogP contribution >= 0.6 is 0 Å². The molecule has 0 radical (unpaired) electrons. The Hall–Kier alpha value is -2.21. The molecule has 5 heteroatoms. The van der Waals surface area contributed by atoms with Crippen molar-refractivity contribution in [3.05, 3.63) is 71.8 Å². The number of carbonyl (C=O) groups is 1. The van der Waals surface area contributed by atoms with Gasteiger partial charge in [0.1, 0.15) is 0 Å². The number of unbranched alkanes of at least 4 members (excludes halogenated alkanes) is 2. The maximum Gasteiger partial charge on any atom is 0.303 e. The summed E-state index contributed by atoms with van der Waals surface area (Å²) >= 11 is 0. The first kappa shape index (κ1) is 23.5. The van der Waals surface area contributed by atoms with Crippen LogP contribution < -0.4 is 5.73 Å². The van der Waals surface area contributed by atoms with Crippen LogP contribution in [0.1, 0.15) is 49.7 Å². The maximum absolute atomic E-state index is 10.8. The molecule has 0 aromatic heterocycles. The standard InChI is InChI=1S/C26H37N3O2/c27-26(15-9-3-8-14-25(30)31)16-17-28(20-23-10-4-1-5-11-23)18-19-29(22-26)21-24-12-6-2-7-13-24/h1-2,4-7,10-13H,3,8-9,14-22,27H2,(H,30,31). The number of nitrogens with zero attached hydrogens (tertiary/aromatic N) is 2. The lowest BCUT2D eigenvalue weighted by molar-refractivity contribution is -0.137. The molecule has 2 aromatic rings. The van der Waals surface area contributed by atoms with E-state index in [0.29, 0.717) is 0 Å². The van der Waals surface area contributed by atoms with E-state index in [-0.39, 0.29) is 12.0 Å². The van der Waals surface area contributed by atoms with Crippen LogP contribution in [-0.4, -0.2) is 52.6 Å². The van der Waals surface area contributed by atoms with Gasteiger partial charge in [0.25, 0.3) is 0 Å². The van der Waals surface area contributed by atoms with Gasteiger partial charge in [0.2, 0.25) is 0 Å². The van der Waals surface area contributed by atoms with Crippen LogP contribution in [0.5, 0.6) is 0 Å². The second kappa shape index (κ2) is 12.0. The summed E-state index contributed by atoms with van der Waals surface area (Å²) in [7, 11) is 0. The van der Waals surface area contributed by atoms with Crippen molar-refractivity contribution in [3.8, 4) is 0 Å².